The Kier molecular flexibility index (Phi) is 7.33. The first kappa shape index (κ1) is 22.1. The average Bonchev–Trinajstić information content (AvgIpc) is 3.55. The lowest BCUT2D eigenvalue weighted by atomic mass is 10.1. The van der Waals surface area contributed by atoms with Crippen LogP contribution in [0.3, 0.4) is 0 Å². The van der Waals surface area contributed by atoms with Crippen molar-refractivity contribution in [3.63, 3.8) is 0 Å². The largest absolute Gasteiger partial charge is 0.496 e. The van der Waals surface area contributed by atoms with E-state index >= 15 is 0 Å². The van der Waals surface area contributed by atoms with E-state index in [1.807, 2.05) is 19.1 Å². The van der Waals surface area contributed by atoms with Crippen LogP contribution in [0.1, 0.15) is 29.5 Å². The number of hydrogen-bond acceptors (Lipinski definition) is 4. The normalized spacial score (nSPS) is 14.4. The maximum absolute atomic E-state index is 12.2. The van der Waals surface area contributed by atoms with Crippen LogP contribution in [0.15, 0.2) is 52.4 Å². The Hall–Kier alpha value is -2.58. The first-order valence-electron chi connectivity index (χ1n) is 10.1. The molecule has 3 N–H and O–H groups in total. The topological polar surface area (TPSA) is 91.8 Å². The minimum Gasteiger partial charge on any atom is -0.496 e. The highest BCUT2D eigenvalue weighted by atomic mass is 32.2. The van der Waals surface area contributed by atoms with E-state index in [2.05, 4.69) is 38.5 Å². The van der Waals surface area contributed by atoms with Gasteiger partial charge in [-0.25, -0.2) is 13.1 Å². The maximum atomic E-state index is 12.2. The van der Waals surface area contributed by atoms with Gasteiger partial charge in [-0.2, -0.15) is 0 Å². The van der Waals surface area contributed by atoms with E-state index in [9.17, 15) is 8.42 Å². The number of nitrogens with one attached hydrogen (secondary N) is 3. The van der Waals surface area contributed by atoms with Gasteiger partial charge >= 0.3 is 0 Å². The summed E-state index contributed by atoms with van der Waals surface area (Å²) in [5.41, 5.74) is 3.29. The van der Waals surface area contributed by atoms with Crippen molar-refractivity contribution in [1.82, 2.24) is 15.4 Å². The number of guanidine groups is 1. The van der Waals surface area contributed by atoms with E-state index in [1.54, 1.807) is 26.3 Å². The highest BCUT2D eigenvalue weighted by molar-refractivity contribution is 7.89. The first-order chi connectivity index (χ1) is 14.4. The van der Waals surface area contributed by atoms with E-state index in [-0.39, 0.29) is 6.04 Å². The summed E-state index contributed by atoms with van der Waals surface area (Å²) in [5, 5.41) is 6.55. The molecular weight excluding hydrogens is 400 g/mol. The number of benzene rings is 2. The van der Waals surface area contributed by atoms with Gasteiger partial charge in [0.15, 0.2) is 5.96 Å². The van der Waals surface area contributed by atoms with Crippen molar-refractivity contribution in [2.75, 3.05) is 20.7 Å². The van der Waals surface area contributed by atoms with Gasteiger partial charge in [-0.05, 0) is 61.1 Å². The molecule has 1 aliphatic carbocycles. The monoisotopic (exact) mass is 430 g/mol. The molecule has 1 saturated carbocycles. The molecule has 0 unspecified atom stereocenters. The van der Waals surface area contributed by atoms with Crippen molar-refractivity contribution < 1.29 is 13.2 Å². The number of rotatable bonds is 9. The third-order valence-electron chi connectivity index (χ3n) is 4.99. The smallest absolute Gasteiger partial charge is 0.240 e. The van der Waals surface area contributed by atoms with E-state index < -0.39 is 10.0 Å². The van der Waals surface area contributed by atoms with Crippen molar-refractivity contribution in [3.8, 4) is 5.75 Å². The van der Waals surface area contributed by atoms with Crippen LogP contribution in [0.5, 0.6) is 5.75 Å². The van der Waals surface area contributed by atoms with Gasteiger partial charge in [0.25, 0.3) is 0 Å². The summed E-state index contributed by atoms with van der Waals surface area (Å²) in [6, 6.07) is 13.2. The van der Waals surface area contributed by atoms with E-state index in [0.717, 1.165) is 42.7 Å². The molecule has 30 heavy (non-hydrogen) atoms. The zero-order valence-electron chi connectivity index (χ0n) is 17.7. The third-order valence-corrected chi connectivity index (χ3v) is 6.53. The summed E-state index contributed by atoms with van der Waals surface area (Å²) in [6.07, 6.45) is 2.69. The number of methoxy groups -OCH3 is 1. The van der Waals surface area contributed by atoms with Crippen LogP contribution >= 0.6 is 0 Å². The number of aliphatic imine (C=N–C) groups is 1. The van der Waals surface area contributed by atoms with Crippen molar-refractivity contribution >= 4 is 16.0 Å². The second kappa shape index (κ2) is 9.95. The molecule has 0 heterocycles. The van der Waals surface area contributed by atoms with Crippen LogP contribution < -0.4 is 20.1 Å². The van der Waals surface area contributed by atoms with Crippen LogP contribution in [-0.4, -0.2) is 41.1 Å². The molecule has 0 atom stereocenters. The Morgan fingerprint density at radius 1 is 1.10 bits per heavy atom. The van der Waals surface area contributed by atoms with Crippen molar-refractivity contribution in [1.29, 1.82) is 0 Å². The fraction of sp³-hybridized carbons (Fsp3) is 0.409. The number of sulfonamides is 1. The molecule has 0 bridgehead atoms. The predicted molar refractivity (Wildman–Crippen MR) is 119 cm³/mol. The van der Waals surface area contributed by atoms with Gasteiger partial charge in [-0.3, -0.25) is 4.99 Å². The zero-order valence-corrected chi connectivity index (χ0v) is 18.6. The van der Waals surface area contributed by atoms with Gasteiger partial charge in [0.1, 0.15) is 5.75 Å². The van der Waals surface area contributed by atoms with Crippen LogP contribution in [0.25, 0.3) is 0 Å². The molecular formula is C22H30N4O3S. The van der Waals surface area contributed by atoms with Gasteiger partial charge < -0.3 is 15.4 Å². The number of hydrogen-bond donors (Lipinski definition) is 3. The SMILES string of the molecule is CN=C(NCCc1ccc(C)c(OC)c1)NCc1ccc(S(=O)(=O)NC2CC2)cc1. The van der Waals surface area contributed by atoms with Crippen molar-refractivity contribution in [3.05, 3.63) is 59.2 Å². The molecule has 1 aliphatic rings. The van der Waals surface area contributed by atoms with Crippen LogP contribution in [0, 0.1) is 6.92 Å². The first-order valence-corrected chi connectivity index (χ1v) is 11.6. The number of aryl methyl sites for hydroxylation is 1. The second-order valence-electron chi connectivity index (χ2n) is 7.45. The van der Waals surface area contributed by atoms with Gasteiger partial charge in [-0.1, -0.05) is 24.3 Å². The Balaban J connectivity index is 1.47. The molecule has 0 radical (unpaired) electrons. The summed E-state index contributed by atoms with van der Waals surface area (Å²) in [7, 11) is -0.00344. The number of nitrogens with zero attached hydrogens (tertiary/aromatic N) is 1. The van der Waals surface area contributed by atoms with E-state index in [4.69, 9.17) is 4.74 Å². The molecule has 162 valence electrons. The van der Waals surface area contributed by atoms with Gasteiger partial charge in [0, 0.05) is 26.2 Å². The molecule has 0 aromatic heterocycles. The molecule has 8 heteroatoms. The summed E-state index contributed by atoms with van der Waals surface area (Å²) in [6.45, 7) is 3.31. The highest BCUT2D eigenvalue weighted by Gasteiger charge is 2.27. The molecule has 3 rings (SSSR count). The highest BCUT2D eigenvalue weighted by Crippen LogP contribution is 2.22. The van der Waals surface area contributed by atoms with Gasteiger partial charge in [0.2, 0.25) is 10.0 Å². The molecule has 1 fully saturated rings. The standard InChI is InChI=1S/C22H30N4O3S/c1-16-4-5-17(14-21(16)29-3)12-13-24-22(23-2)25-15-18-6-10-20(11-7-18)30(27,28)26-19-8-9-19/h4-7,10-11,14,19,26H,8-9,12-13,15H2,1-3H3,(H2,23,24,25). The molecule has 0 aliphatic heterocycles. The molecule has 2 aromatic rings. The predicted octanol–water partition coefficient (Wildman–Crippen LogP) is 2.35. The second-order valence-corrected chi connectivity index (χ2v) is 9.16. The summed E-state index contributed by atoms with van der Waals surface area (Å²) in [5.74, 6) is 1.59. The number of ether oxygens (including phenoxy) is 1. The maximum Gasteiger partial charge on any atom is 0.240 e. The van der Waals surface area contributed by atoms with Crippen LogP contribution in [0.2, 0.25) is 0 Å². The summed E-state index contributed by atoms with van der Waals surface area (Å²) >= 11 is 0. The molecule has 0 amide bonds. The molecule has 0 spiro atoms. The Morgan fingerprint density at radius 2 is 1.80 bits per heavy atom. The molecule has 2 aromatic carbocycles. The van der Waals surface area contributed by atoms with E-state index in [1.165, 1.54) is 5.56 Å². The summed E-state index contributed by atoms with van der Waals surface area (Å²) < 4.78 is 32.5. The lowest BCUT2D eigenvalue weighted by Crippen LogP contribution is -2.37. The van der Waals surface area contributed by atoms with Crippen molar-refractivity contribution in [2.24, 2.45) is 4.99 Å². The fourth-order valence-corrected chi connectivity index (χ4v) is 4.33. The molecule has 7 nitrogen and oxygen atoms in total. The third kappa shape index (κ3) is 6.21. The molecule has 0 saturated heterocycles. The lowest BCUT2D eigenvalue weighted by molar-refractivity contribution is 0.411. The average molecular weight is 431 g/mol. The Bertz CT molecular complexity index is 984. The van der Waals surface area contributed by atoms with Gasteiger partial charge in [-0.15, -0.1) is 0 Å². The Morgan fingerprint density at radius 3 is 2.43 bits per heavy atom. The van der Waals surface area contributed by atoms with Crippen LogP contribution in [0.4, 0.5) is 0 Å². The van der Waals surface area contributed by atoms with Crippen molar-refractivity contribution in [2.45, 2.75) is 43.7 Å². The quantitative estimate of drug-likeness (QED) is 0.420. The minimum absolute atomic E-state index is 0.103. The van der Waals surface area contributed by atoms with Crippen LogP contribution in [-0.2, 0) is 23.0 Å². The zero-order chi connectivity index (χ0) is 21.6. The summed E-state index contributed by atoms with van der Waals surface area (Å²) in [4.78, 5) is 4.54. The van der Waals surface area contributed by atoms with Gasteiger partial charge in [0.05, 0.1) is 12.0 Å². The fourth-order valence-electron chi connectivity index (χ4n) is 3.03. The minimum atomic E-state index is -3.41. The lowest BCUT2D eigenvalue weighted by Gasteiger charge is -2.13. The van der Waals surface area contributed by atoms with E-state index in [0.29, 0.717) is 17.4 Å². The Labute approximate surface area is 179 Å².